The van der Waals surface area contributed by atoms with Crippen LogP contribution in [0.5, 0.6) is 11.5 Å². The maximum Gasteiger partial charge on any atom is 0.181 e. The van der Waals surface area contributed by atoms with E-state index in [0.717, 1.165) is 11.1 Å². The highest BCUT2D eigenvalue weighted by molar-refractivity contribution is 7.90. The molecule has 2 aromatic heterocycles. The number of H-pyrrole nitrogens is 1. The number of benzene rings is 2. The number of methoxy groups -OCH3 is 2. The molecule has 10 heteroatoms. The fourth-order valence-corrected chi connectivity index (χ4v) is 3.88. The van der Waals surface area contributed by atoms with Crippen molar-refractivity contribution in [1.29, 1.82) is 0 Å². The molecule has 0 unspecified atom stereocenters. The van der Waals surface area contributed by atoms with E-state index in [9.17, 15) is 8.42 Å². The molecule has 0 radical (unpaired) electrons. The molecule has 0 spiro atoms. The van der Waals surface area contributed by atoms with Crippen LogP contribution in [0.2, 0.25) is 0 Å². The lowest BCUT2D eigenvalue weighted by molar-refractivity contribution is 0.393. The largest absolute Gasteiger partial charge is 0.497 e. The third-order valence-corrected chi connectivity index (χ3v) is 6.09. The molecule has 0 atom stereocenters. The fraction of sp³-hybridized carbons (Fsp3) is 0.174. The minimum absolute atomic E-state index is 0.245. The van der Waals surface area contributed by atoms with Crippen LogP contribution in [0.4, 0.5) is 5.82 Å². The van der Waals surface area contributed by atoms with E-state index in [1.807, 2.05) is 30.3 Å². The Morgan fingerprint density at radius 1 is 1.00 bits per heavy atom. The number of aromatic nitrogens is 4. The van der Waals surface area contributed by atoms with Crippen molar-refractivity contribution in [2.24, 2.45) is 0 Å². The van der Waals surface area contributed by atoms with Crippen LogP contribution >= 0.6 is 0 Å². The molecule has 2 N–H and O–H groups in total. The number of aromatic amines is 1. The van der Waals surface area contributed by atoms with Crippen LogP contribution in [0.1, 0.15) is 5.56 Å². The molecule has 0 saturated heterocycles. The Labute approximate surface area is 191 Å². The van der Waals surface area contributed by atoms with Crippen molar-refractivity contribution in [3.63, 3.8) is 0 Å². The molecule has 0 aliphatic rings. The highest BCUT2D eigenvalue weighted by Crippen LogP contribution is 2.27. The molecule has 170 valence electrons. The summed E-state index contributed by atoms with van der Waals surface area (Å²) in [6, 6.07) is 15.8. The number of rotatable bonds is 8. The summed E-state index contributed by atoms with van der Waals surface area (Å²) in [6.45, 7) is 0.492. The molecule has 9 nitrogen and oxygen atoms in total. The topological polar surface area (TPSA) is 119 Å². The van der Waals surface area contributed by atoms with Gasteiger partial charge in [0.1, 0.15) is 17.3 Å². The van der Waals surface area contributed by atoms with Gasteiger partial charge in [-0.15, -0.1) is 0 Å². The number of hydrogen-bond donors (Lipinski definition) is 2. The maximum atomic E-state index is 11.7. The van der Waals surface area contributed by atoms with E-state index < -0.39 is 9.84 Å². The molecule has 0 fully saturated rings. The number of anilines is 1. The van der Waals surface area contributed by atoms with Gasteiger partial charge in [-0.2, -0.15) is 5.10 Å². The number of nitrogens with one attached hydrogen (secondary N) is 2. The van der Waals surface area contributed by atoms with Gasteiger partial charge in [0.2, 0.25) is 0 Å². The third-order valence-electron chi connectivity index (χ3n) is 4.96. The Morgan fingerprint density at radius 2 is 1.70 bits per heavy atom. The van der Waals surface area contributed by atoms with Gasteiger partial charge in [0.15, 0.2) is 21.5 Å². The first-order chi connectivity index (χ1) is 15.9. The summed E-state index contributed by atoms with van der Waals surface area (Å²) in [7, 11) is -0.0440. The molecule has 4 rings (SSSR count). The van der Waals surface area contributed by atoms with E-state index >= 15 is 0 Å². The zero-order chi connectivity index (χ0) is 23.4. The molecule has 2 aromatic carbocycles. The summed E-state index contributed by atoms with van der Waals surface area (Å²) < 4.78 is 34.0. The smallest absolute Gasteiger partial charge is 0.181 e. The first kappa shape index (κ1) is 22.3. The van der Waals surface area contributed by atoms with E-state index in [2.05, 4.69) is 25.5 Å². The second-order valence-electron chi connectivity index (χ2n) is 7.28. The summed E-state index contributed by atoms with van der Waals surface area (Å²) in [6.07, 6.45) is 2.87. The molecule has 0 bridgehead atoms. The van der Waals surface area contributed by atoms with Crippen molar-refractivity contribution in [3.8, 4) is 34.3 Å². The summed E-state index contributed by atoms with van der Waals surface area (Å²) in [4.78, 5) is 9.27. The quantitative estimate of drug-likeness (QED) is 0.405. The maximum absolute atomic E-state index is 11.7. The minimum Gasteiger partial charge on any atom is -0.497 e. The predicted molar refractivity (Wildman–Crippen MR) is 125 cm³/mol. The molecular formula is C23H23N5O4S. The summed E-state index contributed by atoms with van der Waals surface area (Å²) in [5, 5.41) is 10.6. The van der Waals surface area contributed by atoms with E-state index in [1.54, 1.807) is 44.7 Å². The lowest BCUT2D eigenvalue weighted by atomic mass is 10.2. The summed E-state index contributed by atoms with van der Waals surface area (Å²) in [5.74, 6) is 3.03. The molecule has 0 aliphatic heterocycles. The van der Waals surface area contributed by atoms with Gasteiger partial charge >= 0.3 is 0 Å². The number of ether oxygens (including phenoxy) is 2. The highest BCUT2D eigenvalue weighted by Gasteiger charge is 2.14. The zero-order valence-corrected chi connectivity index (χ0v) is 19.2. The zero-order valence-electron chi connectivity index (χ0n) is 18.4. The average molecular weight is 466 g/mol. The number of pyridine rings is 1. The van der Waals surface area contributed by atoms with Crippen LogP contribution in [0.3, 0.4) is 0 Å². The van der Waals surface area contributed by atoms with Crippen LogP contribution in [-0.2, 0) is 16.4 Å². The second-order valence-corrected chi connectivity index (χ2v) is 9.29. The molecule has 4 aromatic rings. The number of sulfone groups is 1. The minimum atomic E-state index is -3.26. The Morgan fingerprint density at radius 3 is 2.33 bits per heavy atom. The van der Waals surface area contributed by atoms with Crippen LogP contribution < -0.4 is 14.8 Å². The normalized spacial score (nSPS) is 11.2. The first-order valence-electron chi connectivity index (χ1n) is 10.0. The van der Waals surface area contributed by atoms with Crippen LogP contribution in [0, 0.1) is 0 Å². The van der Waals surface area contributed by atoms with Gasteiger partial charge in [0, 0.05) is 30.6 Å². The Kier molecular flexibility index (Phi) is 6.27. The Balaban J connectivity index is 1.57. The predicted octanol–water partition coefficient (Wildman–Crippen LogP) is 3.57. The summed E-state index contributed by atoms with van der Waals surface area (Å²) in [5.41, 5.74) is 2.41. The molecule has 0 aliphatic carbocycles. The average Bonchev–Trinajstić information content (AvgIpc) is 3.32. The van der Waals surface area contributed by atoms with Gasteiger partial charge in [0.05, 0.1) is 24.7 Å². The van der Waals surface area contributed by atoms with Crippen molar-refractivity contribution in [2.45, 2.75) is 11.4 Å². The first-order valence-corrected chi connectivity index (χ1v) is 11.9. The van der Waals surface area contributed by atoms with E-state index in [-0.39, 0.29) is 4.90 Å². The molecular weight excluding hydrogens is 442 g/mol. The van der Waals surface area contributed by atoms with Gasteiger partial charge in [-0.05, 0) is 54.1 Å². The van der Waals surface area contributed by atoms with E-state index in [1.165, 1.54) is 6.26 Å². The van der Waals surface area contributed by atoms with Gasteiger partial charge in [-0.1, -0.05) is 0 Å². The highest BCUT2D eigenvalue weighted by atomic mass is 32.2. The van der Waals surface area contributed by atoms with Gasteiger partial charge in [-0.25, -0.2) is 18.4 Å². The number of hydrogen-bond acceptors (Lipinski definition) is 8. The molecule has 0 amide bonds. The van der Waals surface area contributed by atoms with Gasteiger partial charge in [-0.3, -0.25) is 5.10 Å². The van der Waals surface area contributed by atoms with Gasteiger partial charge < -0.3 is 14.8 Å². The van der Waals surface area contributed by atoms with Crippen LogP contribution in [0.25, 0.3) is 22.8 Å². The van der Waals surface area contributed by atoms with Crippen molar-refractivity contribution in [3.05, 3.63) is 66.4 Å². The second kappa shape index (κ2) is 9.29. The number of nitrogens with zero attached hydrogens (tertiary/aromatic N) is 3. The third kappa shape index (κ3) is 5.12. The standard InChI is InChI=1S/C23H23N5O4S/c1-31-17-11-15(12-18(13-17)32-2)14-25-22-20(5-4-10-24-22)23-26-21(27-28-23)16-6-8-19(9-7-16)33(3,29)30/h4-13H,14H2,1-3H3,(H,24,25)(H,26,27,28). The lowest BCUT2D eigenvalue weighted by Gasteiger charge is -2.11. The molecule has 0 saturated carbocycles. The molecule has 33 heavy (non-hydrogen) atoms. The van der Waals surface area contributed by atoms with E-state index in [0.29, 0.717) is 41.1 Å². The SMILES string of the molecule is COc1cc(CNc2ncccc2-c2nc(-c3ccc(S(C)(=O)=O)cc3)n[nH]2)cc(OC)c1. The van der Waals surface area contributed by atoms with Crippen molar-refractivity contribution >= 4 is 15.7 Å². The van der Waals surface area contributed by atoms with Crippen LogP contribution in [0.15, 0.2) is 65.7 Å². The van der Waals surface area contributed by atoms with Crippen molar-refractivity contribution in [1.82, 2.24) is 20.2 Å². The van der Waals surface area contributed by atoms with Gasteiger partial charge in [0.25, 0.3) is 0 Å². The Hall–Kier alpha value is -3.92. The van der Waals surface area contributed by atoms with Crippen molar-refractivity contribution in [2.75, 3.05) is 25.8 Å². The Bertz CT molecular complexity index is 1350. The molecule has 2 heterocycles. The monoisotopic (exact) mass is 465 g/mol. The van der Waals surface area contributed by atoms with Crippen LogP contribution in [-0.4, -0.2) is 49.1 Å². The lowest BCUT2D eigenvalue weighted by Crippen LogP contribution is -2.04. The fourth-order valence-electron chi connectivity index (χ4n) is 3.25. The van der Waals surface area contributed by atoms with E-state index in [4.69, 9.17) is 9.47 Å². The summed E-state index contributed by atoms with van der Waals surface area (Å²) >= 11 is 0. The van der Waals surface area contributed by atoms with Crippen molar-refractivity contribution < 1.29 is 17.9 Å².